The maximum atomic E-state index is 4.44. The predicted octanol–water partition coefficient (Wildman–Crippen LogP) is 5.23. The van der Waals surface area contributed by atoms with E-state index in [0.29, 0.717) is 0 Å². The van der Waals surface area contributed by atoms with Crippen LogP contribution in [0, 0.1) is 5.92 Å². The summed E-state index contributed by atoms with van der Waals surface area (Å²) in [5.74, 6) is 1.75. The van der Waals surface area contributed by atoms with Gasteiger partial charge in [-0.1, -0.05) is 13.8 Å². The van der Waals surface area contributed by atoms with Gasteiger partial charge in [0.1, 0.15) is 17.0 Å². The molecular weight excluding hydrogens is 328 g/mol. The van der Waals surface area contributed by atoms with E-state index in [2.05, 4.69) is 64.4 Å². The molecule has 3 aromatic rings. The Morgan fingerprint density at radius 1 is 1.16 bits per heavy atom. The lowest BCUT2D eigenvalue weighted by Crippen LogP contribution is -2.32. The molecule has 4 rings (SSSR count). The van der Waals surface area contributed by atoms with Gasteiger partial charge in [-0.05, 0) is 55.5 Å². The standard InChI is InChI=1S/C20H24N4S/c1-3-17-12-18-19(21-13-22-20(18)25-17)23-15-4-6-16(7-5-15)24-10-8-14(2)9-11-24/h4-7,12-14H,3,8-11H2,1-2H3,(H,21,22,23). The molecule has 1 aromatic carbocycles. The first-order valence-electron chi connectivity index (χ1n) is 9.08. The summed E-state index contributed by atoms with van der Waals surface area (Å²) in [7, 11) is 0. The van der Waals surface area contributed by atoms with Gasteiger partial charge in [0.15, 0.2) is 0 Å². The summed E-state index contributed by atoms with van der Waals surface area (Å²) in [5, 5.41) is 4.57. The molecule has 1 fully saturated rings. The van der Waals surface area contributed by atoms with Crippen molar-refractivity contribution in [2.45, 2.75) is 33.1 Å². The molecule has 1 aliphatic rings. The second-order valence-corrected chi connectivity index (χ2v) is 7.96. The van der Waals surface area contributed by atoms with E-state index >= 15 is 0 Å². The van der Waals surface area contributed by atoms with Gasteiger partial charge in [-0.3, -0.25) is 0 Å². The van der Waals surface area contributed by atoms with Crippen molar-refractivity contribution in [2.24, 2.45) is 5.92 Å². The van der Waals surface area contributed by atoms with Gasteiger partial charge in [-0.25, -0.2) is 9.97 Å². The van der Waals surface area contributed by atoms with Crippen LogP contribution in [0.25, 0.3) is 10.2 Å². The number of aromatic nitrogens is 2. The summed E-state index contributed by atoms with van der Waals surface area (Å²) in [6, 6.07) is 10.9. The van der Waals surface area contributed by atoms with Crippen molar-refractivity contribution in [1.29, 1.82) is 0 Å². The zero-order valence-corrected chi connectivity index (χ0v) is 15.6. The highest BCUT2D eigenvalue weighted by Gasteiger charge is 2.16. The van der Waals surface area contributed by atoms with E-state index in [1.165, 1.54) is 23.4 Å². The third-order valence-corrected chi connectivity index (χ3v) is 6.20. The van der Waals surface area contributed by atoms with E-state index in [4.69, 9.17) is 0 Å². The van der Waals surface area contributed by atoms with Crippen LogP contribution in [0.15, 0.2) is 36.7 Å². The Morgan fingerprint density at radius 2 is 1.92 bits per heavy atom. The zero-order chi connectivity index (χ0) is 17.2. The molecule has 5 heteroatoms. The Bertz CT molecular complexity index is 848. The average Bonchev–Trinajstić information content (AvgIpc) is 3.08. The number of nitrogens with one attached hydrogen (secondary N) is 1. The molecular formula is C20H24N4S. The topological polar surface area (TPSA) is 41.0 Å². The van der Waals surface area contributed by atoms with Crippen LogP contribution in [0.4, 0.5) is 17.2 Å². The molecule has 4 nitrogen and oxygen atoms in total. The molecule has 0 atom stereocenters. The normalized spacial score (nSPS) is 15.7. The third kappa shape index (κ3) is 3.47. The second-order valence-electron chi connectivity index (χ2n) is 6.85. The zero-order valence-electron chi connectivity index (χ0n) is 14.8. The van der Waals surface area contributed by atoms with Gasteiger partial charge in [-0.2, -0.15) is 0 Å². The van der Waals surface area contributed by atoms with Crippen LogP contribution >= 0.6 is 11.3 Å². The van der Waals surface area contributed by atoms with Gasteiger partial charge in [0.25, 0.3) is 0 Å². The van der Waals surface area contributed by atoms with Crippen LogP contribution < -0.4 is 10.2 Å². The van der Waals surface area contributed by atoms with Crippen LogP contribution in [0.3, 0.4) is 0 Å². The number of piperidine rings is 1. The van der Waals surface area contributed by atoms with Gasteiger partial charge < -0.3 is 10.2 Å². The van der Waals surface area contributed by atoms with Gasteiger partial charge >= 0.3 is 0 Å². The minimum absolute atomic E-state index is 0.857. The first-order valence-corrected chi connectivity index (χ1v) is 9.90. The van der Waals surface area contributed by atoms with Crippen LogP contribution in [0.2, 0.25) is 0 Å². The Kier molecular flexibility index (Phi) is 4.57. The SMILES string of the molecule is CCc1cc2c(Nc3ccc(N4CCC(C)CC4)cc3)ncnc2s1. The molecule has 1 saturated heterocycles. The molecule has 0 amide bonds. The van der Waals surface area contributed by atoms with Crippen LogP contribution in [-0.2, 0) is 6.42 Å². The van der Waals surface area contributed by atoms with Crippen molar-refractivity contribution in [1.82, 2.24) is 9.97 Å². The molecule has 0 bridgehead atoms. The molecule has 25 heavy (non-hydrogen) atoms. The number of rotatable bonds is 4. The Hall–Kier alpha value is -2.14. The lowest BCUT2D eigenvalue weighted by Gasteiger charge is -2.32. The van der Waals surface area contributed by atoms with Crippen molar-refractivity contribution in [3.63, 3.8) is 0 Å². The van der Waals surface area contributed by atoms with Gasteiger partial charge in [0.2, 0.25) is 0 Å². The van der Waals surface area contributed by atoms with Crippen LogP contribution in [0.1, 0.15) is 31.6 Å². The summed E-state index contributed by atoms with van der Waals surface area (Å²) < 4.78 is 0. The average molecular weight is 353 g/mol. The molecule has 3 heterocycles. The highest BCUT2D eigenvalue weighted by molar-refractivity contribution is 7.18. The summed E-state index contributed by atoms with van der Waals surface area (Å²) in [4.78, 5) is 13.7. The summed E-state index contributed by atoms with van der Waals surface area (Å²) >= 11 is 1.75. The van der Waals surface area contributed by atoms with E-state index in [0.717, 1.165) is 47.2 Å². The number of hydrogen-bond acceptors (Lipinski definition) is 5. The number of nitrogens with zero attached hydrogens (tertiary/aromatic N) is 3. The largest absolute Gasteiger partial charge is 0.372 e. The summed E-state index contributed by atoms with van der Waals surface area (Å²) in [5.41, 5.74) is 2.38. The fourth-order valence-corrected chi connectivity index (χ4v) is 4.27. The monoisotopic (exact) mass is 352 g/mol. The van der Waals surface area contributed by atoms with Crippen LogP contribution in [0.5, 0.6) is 0 Å². The Labute approximate surface area is 152 Å². The smallest absolute Gasteiger partial charge is 0.142 e. The van der Waals surface area contributed by atoms with E-state index in [9.17, 15) is 0 Å². The third-order valence-electron chi connectivity index (χ3n) is 5.01. The van der Waals surface area contributed by atoms with E-state index < -0.39 is 0 Å². The van der Waals surface area contributed by atoms with E-state index in [-0.39, 0.29) is 0 Å². The van der Waals surface area contributed by atoms with Crippen LogP contribution in [-0.4, -0.2) is 23.1 Å². The van der Waals surface area contributed by atoms with Crippen molar-refractivity contribution >= 4 is 38.7 Å². The fourth-order valence-electron chi connectivity index (χ4n) is 3.34. The molecule has 0 radical (unpaired) electrons. The van der Waals surface area contributed by atoms with Crippen molar-refractivity contribution in [3.8, 4) is 0 Å². The highest BCUT2D eigenvalue weighted by atomic mass is 32.1. The number of anilines is 3. The van der Waals surface area contributed by atoms with Gasteiger partial charge in [0, 0.05) is 29.3 Å². The molecule has 1 N–H and O–H groups in total. The number of aryl methyl sites for hydroxylation is 1. The number of benzene rings is 1. The molecule has 0 saturated carbocycles. The molecule has 0 aliphatic carbocycles. The first-order chi connectivity index (χ1) is 12.2. The van der Waals surface area contributed by atoms with Crippen molar-refractivity contribution in [3.05, 3.63) is 41.5 Å². The number of hydrogen-bond donors (Lipinski definition) is 1. The maximum absolute atomic E-state index is 4.44. The van der Waals surface area contributed by atoms with Crippen molar-refractivity contribution < 1.29 is 0 Å². The van der Waals surface area contributed by atoms with Crippen molar-refractivity contribution in [2.75, 3.05) is 23.3 Å². The predicted molar refractivity (Wildman–Crippen MR) is 107 cm³/mol. The molecule has 0 unspecified atom stereocenters. The highest BCUT2D eigenvalue weighted by Crippen LogP contribution is 2.31. The molecule has 130 valence electrons. The molecule has 1 aliphatic heterocycles. The lowest BCUT2D eigenvalue weighted by atomic mass is 9.99. The minimum Gasteiger partial charge on any atom is -0.372 e. The summed E-state index contributed by atoms with van der Waals surface area (Å²) in [6.45, 7) is 6.84. The summed E-state index contributed by atoms with van der Waals surface area (Å²) in [6.07, 6.45) is 5.25. The van der Waals surface area contributed by atoms with E-state index in [1.54, 1.807) is 17.7 Å². The minimum atomic E-state index is 0.857. The number of thiophene rings is 1. The lowest BCUT2D eigenvalue weighted by molar-refractivity contribution is 0.438. The second kappa shape index (κ2) is 7.00. The first kappa shape index (κ1) is 16.3. The van der Waals surface area contributed by atoms with Gasteiger partial charge in [-0.15, -0.1) is 11.3 Å². The fraction of sp³-hybridized carbons (Fsp3) is 0.400. The van der Waals surface area contributed by atoms with E-state index in [1.807, 2.05) is 0 Å². The quantitative estimate of drug-likeness (QED) is 0.698. The molecule has 2 aromatic heterocycles. The Balaban J connectivity index is 1.52. The Morgan fingerprint density at radius 3 is 2.64 bits per heavy atom. The van der Waals surface area contributed by atoms with Gasteiger partial charge in [0.05, 0.1) is 5.39 Å². The maximum Gasteiger partial charge on any atom is 0.142 e. The number of fused-ring (bicyclic) bond motifs is 1. The molecule has 0 spiro atoms.